The molecule has 0 aromatic heterocycles. The molecule has 0 aliphatic carbocycles. The molecule has 3 N–H and O–H groups in total. The van der Waals surface area contributed by atoms with Gasteiger partial charge in [-0.1, -0.05) is 48.0 Å². The van der Waals surface area contributed by atoms with Gasteiger partial charge >= 0.3 is 0 Å². The number of hydrogen-bond acceptors (Lipinski definition) is 6. The van der Waals surface area contributed by atoms with Crippen LogP contribution < -0.4 is 16.0 Å². The molecule has 2 heterocycles. The van der Waals surface area contributed by atoms with Gasteiger partial charge in [0.05, 0.1) is 22.7 Å². The monoisotopic (exact) mass is 572 g/mol. The predicted octanol–water partition coefficient (Wildman–Crippen LogP) is 3.75. The fourth-order valence-electron chi connectivity index (χ4n) is 5.32. The second-order valence-corrected chi connectivity index (χ2v) is 11.3. The third kappa shape index (κ3) is 7.08. The van der Waals surface area contributed by atoms with Gasteiger partial charge in [-0.25, -0.2) is 4.39 Å². The Labute approximate surface area is 237 Å². The molecule has 2 aromatic rings. The number of halogens is 2. The summed E-state index contributed by atoms with van der Waals surface area (Å²) in [5.41, 5.74) is 2.96. The lowest BCUT2D eigenvalue weighted by Crippen LogP contribution is -2.48. The number of carbonyl (C=O) groups is 3. The SMILES string of the molecule is CSCC[C@H](NC(C)=O)C(=O)N[C@@H](CCN1CC2=C(CNC2)[C@H]1C(=O)c1c(F)cccc1Cl)c1ccccc1. The van der Waals surface area contributed by atoms with Crippen LogP contribution >= 0.6 is 23.4 Å². The second kappa shape index (κ2) is 13.6. The number of hydrogen-bond donors (Lipinski definition) is 3. The van der Waals surface area contributed by atoms with E-state index in [0.717, 1.165) is 22.5 Å². The lowest BCUT2D eigenvalue weighted by atomic mass is 9.96. The van der Waals surface area contributed by atoms with E-state index in [-0.39, 0.29) is 34.2 Å². The Morgan fingerprint density at radius 2 is 1.87 bits per heavy atom. The van der Waals surface area contributed by atoms with E-state index in [1.807, 2.05) is 36.6 Å². The molecule has 3 atom stereocenters. The van der Waals surface area contributed by atoms with Gasteiger partial charge in [0.2, 0.25) is 11.8 Å². The number of nitrogens with one attached hydrogen (secondary N) is 3. The van der Waals surface area contributed by atoms with Crippen molar-refractivity contribution in [2.24, 2.45) is 0 Å². The van der Waals surface area contributed by atoms with Crippen LogP contribution in [0.5, 0.6) is 0 Å². The van der Waals surface area contributed by atoms with Crippen molar-refractivity contribution in [1.82, 2.24) is 20.9 Å². The van der Waals surface area contributed by atoms with Crippen molar-refractivity contribution in [3.63, 3.8) is 0 Å². The van der Waals surface area contributed by atoms with Gasteiger partial charge in [0.15, 0.2) is 5.78 Å². The molecule has 0 saturated carbocycles. The molecule has 0 bridgehead atoms. The minimum atomic E-state index is -0.637. The summed E-state index contributed by atoms with van der Waals surface area (Å²) >= 11 is 7.88. The van der Waals surface area contributed by atoms with E-state index in [9.17, 15) is 18.8 Å². The van der Waals surface area contributed by atoms with Gasteiger partial charge in [0.25, 0.3) is 0 Å². The van der Waals surface area contributed by atoms with Crippen LogP contribution in [0.1, 0.15) is 41.7 Å². The Morgan fingerprint density at radius 1 is 1.10 bits per heavy atom. The van der Waals surface area contributed by atoms with E-state index in [1.54, 1.807) is 11.8 Å². The van der Waals surface area contributed by atoms with Crippen LogP contribution in [-0.2, 0) is 9.59 Å². The standard InChI is InChI=1S/C29H34ClFN4O3S/c1-18(36)33-25(12-14-39-2)29(38)34-24(19-7-4-3-5-8-19)11-13-35-17-20-15-32-16-21(20)27(35)28(37)26-22(30)9-6-10-23(26)31/h3-10,24-25,27,32H,11-17H2,1-2H3,(H,33,36)(H,34,38)/t24-,25-,27-/m0/s1. The first-order chi connectivity index (χ1) is 18.8. The van der Waals surface area contributed by atoms with E-state index in [1.165, 1.54) is 25.1 Å². The van der Waals surface area contributed by atoms with Crippen molar-refractivity contribution < 1.29 is 18.8 Å². The zero-order valence-corrected chi connectivity index (χ0v) is 23.7. The third-order valence-corrected chi connectivity index (χ3v) is 8.14. The topological polar surface area (TPSA) is 90.5 Å². The number of benzene rings is 2. The van der Waals surface area contributed by atoms with Crippen LogP contribution in [0.4, 0.5) is 4.39 Å². The Morgan fingerprint density at radius 3 is 2.56 bits per heavy atom. The van der Waals surface area contributed by atoms with Gasteiger partial charge in [-0.2, -0.15) is 11.8 Å². The van der Waals surface area contributed by atoms with Gasteiger partial charge in [-0.05, 0) is 53.7 Å². The average Bonchev–Trinajstić information content (AvgIpc) is 3.50. The third-order valence-electron chi connectivity index (χ3n) is 7.18. The maximum absolute atomic E-state index is 14.7. The number of amides is 2. The van der Waals surface area contributed by atoms with E-state index in [4.69, 9.17) is 11.6 Å². The number of rotatable bonds is 12. The summed E-state index contributed by atoms with van der Waals surface area (Å²) in [5.74, 6) is -0.751. The highest BCUT2D eigenvalue weighted by atomic mass is 35.5. The van der Waals surface area contributed by atoms with Crippen molar-refractivity contribution in [3.05, 3.63) is 81.6 Å². The highest BCUT2D eigenvalue weighted by Crippen LogP contribution is 2.33. The molecule has 0 unspecified atom stereocenters. The molecule has 2 aliphatic heterocycles. The van der Waals surface area contributed by atoms with Crippen molar-refractivity contribution in [3.8, 4) is 0 Å². The Balaban J connectivity index is 1.54. The lowest BCUT2D eigenvalue weighted by Gasteiger charge is -2.30. The number of Topliss-reactive ketones (excluding diaryl/α,β-unsaturated/α-hetero) is 1. The van der Waals surface area contributed by atoms with Gasteiger partial charge in [-0.3, -0.25) is 19.3 Å². The van der Waals surface area contributed by atoms with Crippen molar-refractivity contribution >= 4 is 41.0 Å². The summed E-state index contributed by atoms with van der Waals surface area (Å²) in [6, 6.07) is 12.3. The molecule has 0 saturated heterocycles. The molecule has 0 spiro atoms. The predicted molar refractivity (Wildman–Crippen MR) is 154 cm³/mol. The van der Waals surface area contributed by atoms with Crippen molar-refractivity contribution in [1.29, 1.82) is 0 Å². The van der Waals surface area contributed by atoms with Gasteiger partial charge in [0.1, 0.15) is 11.9 Å². The minimum absolute atomic E-state index is 0.0883. The number of ketones is 1. The molecule has 39 heavy (non-hydrogen) atoms. The van der Waals surface area contributed by atoms with Gasteiger partial charge in [0, 0.05) is 33.1 Å². The fraction of sp³-hybridized carbons (Fsp3) is 0.414. The Kier molecular flexibility index (Phi) is 10.2. The largest absolute Gasteiger partial charge is 0.347 e. The van der Waals surface area contributed by atoms with Crippen LogP contribution in [0.15, 0.2) is 59.7 Å². The Hall–Kier alpha value is -2.72. The van der Waals surface area contributed by atoms with Crippen LogP contribution in [0.25, 0.3) is 0 Å². The number of thioether (sulfide) groups is 1. The van der Waals surface area contributed by atoms with Crippen LogP contribution in [0.3, 0.4) is 0 Å². The molecule has 10 heteroatoms. The van der Waals surface area contributed by atoms with E-state index >= 15 is 0 Å². The van der Waals surface area contributed by atoms with Gasteiger partial charge < -0.3 is 16.0 Å². The summed E-state index contributed by atoms with van der Waals surface area (Å²) in [6.45, 7) is 3.74. The molecular weight excluding hydrogens is 539 g/mol. The molecule has 2 amide bonds. The zero-order chi connectivity index (χ0) is 27.9. The van der Waals surface area contributed by atoms with Crippen LogP contribution in [-0.4, -0.2) is 72.8 Å². The highest BCUT2D eigenvalue weighted by molar-refractivity contribution is 7.98. The molecule has 208 valence electrons. The van der Waals surface area contributed by atoms with E-state index < -0.39 is 17.9 Å². The summed E-state index contributed by atoms with van der Waals surface area (Å²) in [6.07, 6.45) is 3.00. The first kappa shape index (κ1) is 29.3. The van der Waals surface area contributed by atoms with Gasteiger partial charge in [-0.15, -0.1) is 0 Å². The smallest absolute Gasteiger partial charge is 0.243 e. The Bertz CT molecular complexity index is 1220. The second-order valence-electron chi connectivity index (χ2n) is 9.86. The molecule has 7 nitrogen and oxygen atoms in total. The summed E-state index contributed by atoms with van der Waals surface area (Å²) in [5, 5.41) is 9.30. The van der Waals surface area contributed by atoms with E-state index in [0.29, 0.717) is 39.0 Å². The van der Waals surface area contributed by atoms with Crippen molar-refractivity contribution in [2.45, 2.75) is 37.9 Å². The van der Waals surface area contributed by atoms with Crippen LogP contribution in [0, 0.1) is 5.82 Å². The average molecular weight is 573 g/mol. The maximum Gasteiger partial charge on any atom is 0.243 e. The number of nitrogens with zero attached hydrogens (tertiary/aromatic N) is 1. The molecule has 0 fully saturated rings. The molecule has 2 aromatic carbocycles. The van der Waals surface area contributed by atoms with Crippen molar-refractivity contribution in [2.75, 3.05) is 38.2 Å². The quantitative estimate of drug-likeness (QED) is 0.265. The summed E-state index contributed by atoms with van der Waals surface area (Å²) < 4.78 is 14.7. The molecular formula is C29H34ClFN4O3S. The maximum atomic E-state index is 14.7. The lowest BCUT2D eigenvalue weighted by molar-refractivity contribution is -0.128. The molecule has 4 rings (SSSR count). The summed E-state index contributed by atoms with van der Waals surface area (Å²) in [7, 11) is 0. The zero-order valence-electron chi connectivity index (χ0n) is 22.1. The molecule has 0 radical (unpaired) electrons. The first-order valence-electron chi connectivity index (χ1n) is 13.0. The first-order valence-corrected chi connectivity index (χ1v) is 14.8. The normalized spacial score (nSPS) is 18.5. The minimum Gasteiger partial charge on any atom is -0.347 e. The van der Waals surface area contributed by atoms with Crippen LogP contribution in [0.2, 0.25) is 5.02 Å². The molecule has 2 aliphatic rings. The number of carbonyl (C=O) groups excluding carboxylic acids is 3. The van der Waals surface area contributed by atoms with E-state index in [2.05, 4.69) is 20.9 Å². The summed E-state index contributed by atoms with van der Waals surface area (Å²) in [4.78, 5) is 40.8. The highest BCUT2D eigenvalue weighted by Gasteiger charge is 2.41. The fourth-order valence-corrected chi connectivity index (χ4v) is 6.05.